The lowest BCUT2D eigenvalue weighted by atomic mass is 9.43. The molecule has 0 saturated heterocycles. The topological polar surface area (TPSA) is 83.6 Å². The summed E-state index contributed by atoms with van der Waals surface area (Å²) in [6, 6.07) is 0.147. The molecule has 4 nitrogen and oxygen atoms in total. The molecule has 23 heavy (non-hydrogen) atoms. The smallest absolute Gasteiger partial charge is 0.139 e. The highest BCUT2D eigenvalue weighted by molar-refractivity contribution is 5.87. The van der Waals surface area contributed by atoms with Crippen LogP contribution in [-0.4, -0.2) is 34.2 Å². The van der Waals surface area contributed by atoms with Gasteiger partial charge in [-0.3, -0.25) is 4.79 Å². The number of carbonyl (C=O) groups is 1. The van der Waals surface area contributed by atoms with E-state index in [1.54, 1.807) is 0 Å². The Bertz CT molecular complexity index is 523. The van der Waals surface area contributed by atoms with Crippen LogP contribution in [0.4, 0.5) is 0 Å². The highest BCUT2D eigenvalue weighted by atomic mass is 16.3. The van der Waals surface area contributed by atoms with Gasteiger partial charge in [0.25, 0.3) is 0 Å². The summed E-state index contributed by atoms with van der Waals surface area (Å²) in [7, 11) is 0. The molecule has 4 N–H and O–H groups in total. The minimum atomic E-state index is -0.695. The van der Waals surface area contributed by atoms with Crippen LogP contribution >= 0.6 is 0 Å². The zero-order valence-corrected chi connectivity index (χ0v) is 14.4. The number of aliphatic hydroxyl groups excluding tert-OH is 2. The van der Waals surface area contributed by atoms with E-state index in [1.165, 1.54) is 0 Å². The molecule has 0 aliphatic heterocycles. The van der Waals surface area contributed by atoms with E-state index in [9.17, 15) is 15.0 Å². The van der Waals surface area contributed by atoms with Crippen molar-refractivity contribution in [2.75, 3.05) is 0 Å². The Morgan fingerprint density at radius 1 is 1.00 bits per heavy atom. The molecule has 4 aliphatic rings. The van der Waals surface area contributed by atoms with Crippen LogP contribution in [0.2, 0.25) is 0 Å². The Kier molecular flexibility index (Phi) is 3.51. The molecule has 0 heterocycles. The maximum absolute atomic E-state index is 12.4. The third-order valence-electron chi connectivity index (χ3n) is 8.50. The summed E-state index contributed by atoms with van der Waals surface area (Å²) in [6.07, 6.45) is 4.99. The highest BCUT2D eigenvalue weighted by Crippen LogP contribution is 2.65. The molecule has 4 rings (SSSR count). The zero-order valence-electron chi connectivity index (χ0n) is 14.4. The summed E-state index contributed by atoms with van der Waals surface area (Å²) in [4.78, 5) is 12.4. The lowest BCUT2D eigenvalue weighted by Crippen LogP contribution is -2.64. The molecule has 0 amide bonds. The molecule has 0 aromatic rings. The van der Waals surface area contributed by atoms with E-state index in [0.29, 0.717) is 18.1 Å². The molecule has 0 radical (unpaired) electrons. The van der Waals surface area contributed by atoms with Gasteiger partial charge in [-0.2, -0.15) is 0 Å². The number of aliphatic hydroxyl groups is 2. The molecular formula is C19H31NO3. The van der Waals surface area contributed by atoms with Crippen molar-refractivity contribution in [1.29, 1.82) is 0 Å². The monoisotopic (exact) mass is 321 g/mol. The van der Waals surface area contributed by atoms with Crippen molar-refractivity contribution in [3.05, 3.63) is 0 Å². The van der Waals surface area contributed by atoms with Crippen molar-refractivity contribution in [3.63, 3.8) is 0 Å². The molecule has 130 valence electrons. The van der Waals surface area contributed by atoms with Crippen LogP contribution in [0, 0.1) is 34.5 Å². The summed E-state index contributed by atoms with van der Waals surface area (Å²) in [5, 5.41) is 21.8. The van der Waals surface area contributed by atoms with Gasteiger partial charge in [-0.15, -0.1) is 0 Å². The van der Waals surface area contributed by atoms with E-state index in [2.05, 4.69) is 13.8 Å². The largest absolute Gasteiger partial charge is 0.390 e. The quantitative estimate of drug-likeness (QED) is 0.636. The maximum atomic E-state index is 12.4. The molecule has 0 spiro atoms. The van der Waals surface area contributed by atoms with E-state index in [-0.39, 0.29) is 34.6 Å². The van der Waals surface area contributed by atoms with E-state index < -0.39 is 12.2 Å². The van der Waals surface area contributed by atoms with Gasteiger partial charge < -0.3 is 15.9 Å². The molecule has 0 aromatic heterocycles. The van der Waals surface area contributed by atoms with Crippen LogP contribution in [0.25, 0.3) is 0 Å². The molecular weight excluding hydrogens is 290 g/mol. The van der Waals surface area contributed by atoms with Crippen molar-refractivity contribution in [1.82, 2.24) is 0 Å². The molecule has 0 bridgehead atoms. The number of rotatable bonds is 0. The van der Waals surface area contributed by atoms with Gasteiger partial charge in [0.15, 0.2) is 0 Å². The molecule has 4 saturated carbocycles. The summed E-state index contributed by atoms with van der Waals surface area (Å²) in [5.41, 5.74) is 5.96. The number of fused-ring (bicyclic) bond motifs is 5. The number of nitrogens with two attached hydrogens (primary N) is 1. The minimum Gasteiger partial charge on any atom is -0.390 e. The zero-order chi connectivity index (χ0) is 16.6. The van der Waals surface area contributed by atoms with Crippen LogP contribution in [0.1, 0.15) is 58.8 Å². The third kappa shape index (κ3) is 1.98. The number of Topliss-reactive ketones (excluding diaryl/α,β-unsaturated/α-hetero) is 1. The van der Waals surface area contributed by atoms with Crippen molar-refractivity contribution in [2.45, 2.75) is 77.0 Å². The average Bonchev–Trinajstić information content (AvgIpc) is 2.82. The van der Waals surface area contributed by atoms with Gasteiger partial charge in [0, 0.05) is 17.9 Å². The Hall–Kier alpha value is -0.450. The summed E-state index contributed by atoms with van der Waals surface area (Å²) < 4.78 is 0. The number of hydrogen-bond acceptors (Lipinski definition) is 4. The van der Waals surface area contributed by atoms with Crippen molar-refractivity contribution in [3.8, 4) is 0 Å². The maximum Gasteiger partial charge on any atom is 0.139 e. The molecule has 9 atom stereocenters. The Morgan fingerprint density at radius 2 is 1.74 bits per heavy atom. The second-order valence-corrected chi connectivity index (χ2v) is 9.34. The molecule has 0 aromatic carbocycles. The fourth-order valence-electron chi connectivity index (χ4n) is 7.06. The van der Waals surface area contributed by atoms with Gasteiger partial charge in [0.05, 0.1) is 12.2 Å². The number of hydrogen-bond donors (Lipinski definition) is 3. The Balaban J connectivity index is 1.73. The lowest BCUT2D eigenvalue weighted by Gasteiger charge is -2.62. The van der Waals surface area contributed by atoms with Gasteiger partial charge in [0.2, 0.25) is 0 Å². The minimum absolute atomic E-state index is 0.0617. The number of ketones is 1. The van der Waals surface area contributed by atoms with Crippen molar-refractivity contribution < 1.29 is 15.0 Å². The standard InChI is InChI=1S/C19H31NO3/c1-18-7-5-10(20)9-13(18)16(22)17(23)15-11-3-4-14(21)19(11,2)8-6-12(15)18/h10-13,15-17,22-23H,3-9,20H2,1-2H3/t10-,11+,12+,13?,15+,16-,17-,18-,19+/m1/s1. The summed E-state index contributed by atoms with van der Waals surface area (Å²) >= 11 is 0. The first-order valence-corrected chi connectivity index (χ1v) is 9.44. The molecule has 4 heteroatoms. The van der Waals surface area contributed by atoms with E-state index in [1.807, 2.05) is 0 Å². The van der Waals surface area contributed by atoms with E-state index in [0.717, 1.165) is 38.5 Å². The molecule has 1 unspecified atom stereocenters. The fraction of sp³-hybridized carbons (Fsp3) is 0.947. The average molecular weight is 321 g/mol. The van der Waals surface area contributed by atoms with Crippen molar-refractivity contribution >= 4 is 5.78 Å². The normalized spacial score (nSPS) is 59.2. The Morgan fingerprint density at radius 3 is 2.48 bits per heavy atom. The van der Waals surface area contributed by atoms with E-state index >= 15 is 0 Å². The number of carbonyl (C=O) groups excluding carboxylic acids is 1. The molecule has 4 aliphatic carbocycles. The summed E-state index contributed by atoms with van der Waals surface area (Å²) in [5.74, 6) is 1.21. The Labute approximate surface area is 138 Å². The van der Waals surface area contributed by atoms with Gasteiger partial charge in [-0.1, -0.05) is 13.8 Å². The van der Waals surface area contributed by atoms with Gasteiger partial charge >= 0.3 is 0 Å². The third-order valence-corrected chi connectivity index (χ3v) is 8.50. The van der Waals surface area contributed by atoms with E-state index in [4.69, 9.17) is 5.73 Å². The predicted molar refractivity (Wildman–Crippen MR) is 87.5 cm³/mol. The first-order valence-electron chi connectivity index (χ1n) is 9.44. The van der Waals surface area contributed by atoms with Crippen LogP contribution in [0.5, 0.6) is 0 Å². The fourth-order valence-corrected chi connectivity index (χ4v) is 7.06. The second-order valence-electron chi connectivity index (χ2n) is 9.34. The van der Waals surface area contributed by atoms with Crippen LogP contribution < -0.4 is 5.73 Å². The van der Waals surface area contributed by atoms with Gasteiger partial charge in [-0.05, 0) is 67.6 Å². The van der Waals surface area contributed by atoms with Crippen LogP contribution in [0.3, 0.4) is 0 Å². The van der Waals surface area contributed by atoms with Crippen LogP contribution in [0.15, 0.2) is 0 Å². The SMILES string of the molecule is C[C@]12CC[C@@H](N)CC1[C@@H](O)[C@H](O)[C@@H]1[C@@H]2CC[C@]2(C)C(=O)CC[C@@H]12. The first kappa shape index (κ1) is 16.0. The van der Waals surface area contributed by atoms with Crippen molar-refractivity contribution in [2.24, 2.45) is 40.2 Å². The first-order chi connectivity index (χ1) is 10.8. The van der Waals surface area contributed by atoms with Gasteiger partial charge in [-0.25, -0.2) is 0 Å². The lowest BCUT2D eigenvalue weighted by molar-refractivity contribution is -0.212. The second kappa shape index (κ2) is 5.03. The summed E-state index contributed by atoms with van der Waals surface area (Å²) in [6.45, 7) is 4.42. The van der Waals surface area contributed by atoms with Gasteiger partial charge in [0.1, 0.15) is 5.78 Å². The molecule has 4 fully saturated rings. The predicted octanol–water partition coefficient (Wildman–Crippen LogP) is 1.87. The van der Waals surface area contributed by atoms with Crippen LogP contribution in [-0.2, 0) is 4.79 Å². The highest BCUT2D eigenvalue weighted by Gasteiger charge is 2.64.